The van der Waals surface area contributed by atoms with Crippen molar-refractivity contribution in [1.82, 2.24) is 0 Å². The number of aryl methyl sites for hydroxylation is 1. The van der Waals surface area contributed by atoms with Crippen molar-refractivity contribution in [2.45, 2.75) is 57.8 Å². The molecule has 1 fully saturated rings. The molecule has 4 heteroatoms. The Kier molecular flexibility index (Phi) is 3.67. The van der Waals surface area contributed by atoms with E-state index in [-0.39, 0.29) is 12.0 Å². The van der Waals surface area contributed by atoms with E-state index in [0.29, 0.717) is 17.4 Å². The highest BCUT2D eigenvalue weighted by molar-refractivity contribution is 6.00. The predicted molar refractivity (Wildman–Crippen MR) is 96.6 cm³/mol. The normalized spacial score (nSPS) is 23.7. The van der Waals surface area contributed by atoms with E-state index in [2.05, 4.69) is 13.8 Å². The van der Waals surface area contributed by atoms with E-state index in [0.717, 1.165) is 53.1 Å². The molecule has 0 amide bonds. The summed E-state index contributed by atoms with van der Waals surface area (Å²) in [7, 11) is 0. The van der Waals surface area contributed by atoms with Crippen molar-refractivity contribution in [3.05, 3.63) is 34.9 Å². The molecule has 2 unspecified atom stereocenters. The van der Waals surface area contributed by atoms with Gasteiger partial charge in [-0.05, 0) is 49.5 Å². The van der Waals surface area contributed by atoms with Crippen molar-refractivity contribution in [3.63, 3.8) is 0 Å². The Bertz CT molecular complexity index is 870. The number of phenolic OH excluding ortho intramolecular Hbond substituents is 1. The first-order valence-corrected chi connectivity index (χ1v) is 9.15. The van der Waals surface area contributed by atoms with Crippen molar-refractivity contribution in [3.8, 4) is 11.5 Å². The van der Waals surface area contributed by atoms with Crippen LogP contribution in [0.5, 0.6) is 11.5 Å². The molecule has 2 aliphatic rings. The van der Waals surface area contributed by atoms with Crippen LogP contribution in [0.2, 0.25) is 0 Å². The quantitative estimate of drug-likeness (QED) is 0.618. The molecule has 2 aromatic carbocycles. The number of hydrogen-bond donors (Lipinski definition) is 1. The molecule has 2 atom stereocenters. The molecular weight excluding hydrogens is 316 g/mol. The van der Waals surface area contributed by atoms with Gasteiger partial charge in [0.25, 0.3) is 0 Å². The number of carbonyl (C=O) groups excluding carboxylic acids is 1. The zero-order chi connectivity index (χ0) is 17.8. The maximum absolute atomic E-state index is 12.1. The molecule has 25 heavy (non-hydrogen) atoms. The highest BCUT2D eigenvalue weighted by Gasteiger charge is 2.50. The zero-order valence-electron chi connectivity index (χ0n) is 15.0. The lowest BCUT2D eigenvalue weighted by molar-refractivity contribution is 0.104. The van der Waals surface area contributed by atoms with Crippen molar-refractivity contribution in [1.29, 1.82) is 0 Å². The fraction of sp³-hybridized carbons (Fsp3) is 0.476. The molecule has 0 radical (unpaired) electrons. The van der Waals surface area contributed by atoms with Gasteiger partial charge in [0.05, 0.1) is 6.61 Å². The van der Waals surface area contributed by atoms with Gasteiger partial charge in [-0.2, -0.15) is 0 Å². The number of rotatable bonds is 3. The highest BCUT2D eigenvalue weighted by Crippen LogP contribution is 2.63. The number of carbonyl (C=O) groups is 1. The van der Waals surface area contributed by atoms with Gasteiger partial charge in [0.2, 0.25) is 0 Å². The van der Waals surface area contributed by atoms with Crippen molar-refractivity contribution < 1.29 is 19.4 Å². The summed E-state index contributed by atoms with van der Waals surface area (Å²) >= 11 is 0. The number of hydrogen-bond acceptors (Lipinski definition) is 4. The Morgan fingerprint density at radius 1 is 1.36 bits per heavy atom. The Morgan fingerprint density at radius 3 is 2.88 bits per heavy atom. The molecule has 0 saturated heterocycles. The third kappa shape index (κ3) is 2.23. The van der Waals surface area contributed by atoms with Gasteiger partial charge in [0.15, 0.2) is 0 Å². The molecular formula is C21H24O4. The number of aromatic hydroxyl groups is 1. The predicted octanol–water partition coefficient (Wildman–Crippen LogP) is 5.18. The van der Waals surface area contributed by atoms with Gasteiger partial charge >= 0.3 is 6.16 Å². The summed E-state index contributed by atoms with van der Waals surface area (Å²) in [4.78, 5) is 12.1. The van der Waals surface area contributed by atoms with Crippen LogP contribution in [0.25, 0.3) is 10.8 Å². The van der Waals surface area contributed by atoms with E-state index in [1.165, 1.54) is 0 Å². The number of ether oxygens (including phenoxy) is 2. The van der Waals surface area contributed by atoms with Crippen molar-refractivity contribution in [2.24, 2.45) is 0 Å². The Labute approximate surface area is 147 Å². The lowest BCUT2D eigenvalue weighted by Crippen LogP contribution is -2.18. The minimum atomic E-state index is -0.671. The van der Waals surface area contributed by atoms with Crippen LogP contribution < -0.4 is 4.74 Å². The second-order valence-electron chi connectivity index (χ2n) is 7.45. The molecule has 2 aliphatic carbocycles. The van der Waals surface area contributed by atoms with Crippen LogP contribution in [0, 0.1) is 0 Å². The van der Waals surface area contributed by atoms with Crippen LogP contribution in [0.15, 0.2) is 18.2 Å². The summed E-state index contributed by atoms with van der Waals surface area (Å²) in [5, 5.41) is 12.7. The van der Waals surface area contributed by atoms with Gasteiger partial charge in [-0.15, -0.1) is 0 Å². The molecule has 0 heterocycles. The fourth-order valence-electron chi connectivity index (χ4n) is 4.92. The van der Waals surface area contributed by atoms with Gasteiger partial charge in [0.1, 0.15) is 11.5 Å². The van der Waals surface area contributed by atoms with E-state index in [4.69, 9.17) is 9.47 Å². The number of benzene rings is 2. The second-order valence-corrected chi connectivity index (χ2v) is 7.45. The molecule has 4 nitrogen and oxygen atoms in total. The van der Waals surface area contributed by atoms with E-state index in [1.807, 2.05) is 18.2 Å². The molecule has 1 N–H and O–H groups in total. The summed E-state index contributed by atoms with van der Waals surface area (Å²) in [5.74, 6) is 1.30. The van der Waals surface area contributed by atoms with Crippen LogP contribution in [0.4, 0.5) is 4.79 Å². The van der Waals surface area contributed by atoms with Gasteiger partial charge in [-0.1, -0.05) is 32.0 Å². The summed E-state index contributed by atoms with van der Waals surface area (Å²) < 4.78 is 10.8. The molecule has 2 aromatic rings. The summed E-state index contributed by atoms with van der Waals surface area (Å²) in [6.45, 7) is 6.32. The molecule has 0 aliphatic heterocycles. The Hall–Kier alpha value is -2.23. The standard InChI is InChI=1S/C21H24O4/c1-4-12-7-6-8-14-15(12)19(25-20(23)24-5-2)16-13-9-10-21(3,11-13)17(16)18(14)22/h6-8,13,22H,4-5,9-11H2,1-3H3. The van der Waals surface area contributed by atoms with Crippen LogP contribution in [0.3, 0.4) is 0 Å². The van der Waals surface area contributed by atoms with Crippen LogP contribution in [-0.4, -0.2) is 17.9 Å². The first kappa shape index (κ1) is 16.2. The van der Waals surface area contributed by atoms with E-state index >= 15 is 0 Å². The summed E-state index contributed by atoms with van der Waals surface area (Å²) in [6, 6.07) is 5.90. The molecule has 132 valence electrons. The summed E-state index contributed by atoms with van der Waals surface area (Å²) in [5.41, 5.74) is 3.03. The first-order valence-electron chi connectivity index (χ1n) is 9.15. The Morgan fingerprint density at radius 2 is 2.16 bits per heavy atom. The van der Waals surface area contributed by atoms with Gasteiger partial charge in [-0.3, -0.25) is 0 Å². The highest BCUT2D eigenvalue weighted by atomic mass is 16.7. The lowest BCUT2D eigenvalue weighted by Gasteiger charge is -2.28. The minimum absolute atomic E-state index is 0.0345. The Balaban J connectivity index is 2.05. The smallest absolute Gasteiger partial charge is 0.507 e. The monoisotopic (exact) mass is 340 g/mol. The van der Waals surface area contributed by atoms with Gasteiger partial charge in [-0.25, -0.2) is 4.79 Å². The van der Waals surface area contributed by atoms with Crippen LogP contribution in [0.1, 0.15) is 62.6 Å². The topological polar surface area (TPSA) is 55.8 Å². The lowest BCUT2D eigenvalue weighted by atomic mass is 9.78. The van der Waals surface area contributed by atoms with Crippen molar-refractivity contribution in [2.75, 3.05) is 6.61 Å². The van der Waals surface area contributed by atoms with E-state index in [9.17, 15) is 9.90 Å². The average molecular weight is 340 g/mol. The van der Waals surface area contributed by atoms with Crippen LogP contribution >= 0.6 is 0 Å². The maximum Gasteiger partial charge on any atom is 0.513 e. The third-order valence-corrected chi connectivity index (χ3v) is 5.97. The molecule has 4 rings (SSSR count). The second kappa shape index (κ2) is 5.65. The number of phenols is 1. The first-order chi connectivity index (χ1) is 12.0. The summed E-state index contributed by atoms with van der Waals surface area (Å²) in [6.07, 6.45) is 3.28. The molecule has 0 aromatic heterocycles. The van der Waals surface area contributed by atoms with Gasteiger partial charge < -0.3 is 14.6 Å². The largest absolute Gasteiger partial charge is 0.513 e. The van der Waals surface area contributed by atoms with E-state index in [1.54, 1.807) is 6.92 Å². The molecule has 1 saturated carbocycles. The zero-order valence-corrected chi connectivity index (χ0v) is 15.0. The average Bonchev–Trinajstić information content (AvgIpc) is 3.12. The van der Waals surface area contributed by atoms with Crippen molar-refractivity contribution >= 4 is 16.9 Å². The SMILES string of the molecule is CCOC(=O)Oc1c2c(c(O)c3cccc(CC)c13)C1(C)CCC2C1. The molecule has 0 spiro atoms. The third-order valence-electron chi connectivity index (χ3n) is 5.97. The fourth-order valence-corrected chi connectivity index (χ4v) is 4.92. The number of fused-ring (bicyclic) bond motifs is 6. The van der Waals surface area contributed by atoms with E-state index < -0.39 is 6.16 Å². The van der Waals surface area contributed by atoms with Crippen LogP contribution in [-0.2, 0) is 16.6 Å². The van der Waals surface area contributed by atoms with Gasteiger partial charge in [0, 0.05) is 21.9 Å². The molecule has 2 bridgehead atoms. The maximum atomic E-state index is 12.1. The minimum Gasteiger partial charge on any atom is -0.507 e.